The largest absolute Gasteiger partial charge is 0.490 e. The van der Waals surface area contributed by atoms with Crippen LogP contribution in [0.15, 0.2) is 64.1 Å². The monoisotopic (exact) mass is 733 g/mol. The number of anilines is 1. The number of methoxy groups -OCH3 is 1. The minimum Gasteiger partial charge on any atom is -0.490 e. The molecule has 7 rings (SSSR count). The van der Waals surface area contributed by atoms with Gasteiger partial charge in [0, 0.05) is 48.1 Å². The molecule has 270 valence electrons. The minimum absolute atomic E-state index is 0.0511. The first-order chi connectivity index (χ1) is 24.5. The molecule has 2 bridgehead atoms. The molecule has 1 unspecified atom stereocenters. The summed E-state index contributed by atoms with van der Waals surface area (Å²) >= 11 is 6.43. The molecular weight excluding hydrogens is 690 g/mol. The zero-order chi connectivity index (χ0) is 35.9. The number of aromatic nitrogens is 2. The van der Waals surface area contributed by atoms with E-state index in [1.807, 2.05) is 25.1 Å². The van der Waals surface area contributed by atoms with Crippen LogP contribution in [0.2, 0.25) is 5.02 Å². The third-order valence-electron chi connectivity index (χ3n) is 10.8. The Balaban J connectivity index is 1.29. The summed E-state index contributed by atoms with van der Waals surface area (Å²) in [7, 11) is -0.439. The molecule has 2 aliphatic heterocycles. The van der Waals surface area contributed by atoms with Crippen LogP contribution in [0.4, 0.5) is 5.69 Å². The number of aliphatic imine (C=N–C) groups is 1. The van der Waals surface area contributed by atoms with E-state index in [1.54, 1.807) is 25.2 Å². The van der Waals surface area contributed by atoms with Gasteiger partial charge in [0.1, 0.15) is 16.9 Å². The maximum atomic E-state index is 14.4. The first-order valence-corrected chi connectivity index (χ1v) is 19.7. The van der Waals surface area contributed by atoms with E-state index in [1.165, 1.54) is 29.1 Å². The summed E-state index contributed by atoms with van der Waals surface area (Å²) in [6.45, 7) is 3.70. The quantitative estimate of drug-likeness (QED) is 0.196. The summed E-state index contributed by atoms with van der Waals surface area (Å²) < 4.78 is 31.9. The molecule has 3 heterocycles. The van der Waals surface area contributed by atoms with Crippen LogP contribution >= 0.6 is 11.6 Å². The second-order valence-corrected chi connectivity index (χ2v) is 17.1. The first kappa shape index (κ1) is 35.4. The van der Waals surface area contributed by atoms with Crippen LogP contribution in [0.1, 0.15) is 70.9 Å². The van der Waals surface area contributed by atoms with Crippen molar-refractivity contribution in [2.24, 2.45) is 34.2 Å². The SMILES string of the molecule is COc1nn(C)cc1C(=O)/N=C/S1(=O)=NC(=O)c2ccc3c(c2)N(C[C@@H]2CC[C@H]2[C@@H](O)C/C=C\[C@H](C)C1)C[C@@]1(CCCc2cc(Cl)ccc21)CO3. The lowest BCUT2D eigenvalue weighted by Gasteiger charge is -2.45. The van der Waals surface area contributed by atoms with Crippen LogP contribution in [0.3, 0.4) is 0 Å². The van der Waals surface area contributed by atoms with Gasteiger partial charge in [-0.2, -0.15) is 4.36 Å². The van der Waals surface area contributed by atoms with Gasteiger partial charge in [-0.15, -0.1) is 5.10 Å². The number of aryl methyl sites for hydroxylation is 2. The second kappa shape index (κ2) is 14.2. The van der Waals surface area contributed by atoms with Gasteiger partial charge in [-0.05, 0) is 97.7 Å². The Morgan fingerprint density at radius 2 is 2.08 bits per heavy atom. The number of allylic oxidation sites excluding steroid dienone is 1. The van der Waals surface area contributed by atoms with Crippen molar-refractivity contribution in [3.05, 3.63) is 82.0 Å². The van der Waals surface area contributed by atoms with Crippen molar-refractivity contribution in [1.29, 1.82) is 0 Å². The summed E-state index contributed by atoms with van der Waals surface area (Å²) in [5, 5.41) is 16.2. The standard InChI is InChI=1S/C38H44ClN5O6S/c1-24-6-4-8-33(45)29-12-9-27(29)18-44-21-38(15-5-7-25-16-28(39)11-13-31(25)38)22-50-34-14-10-26(17-32(34)44)35(46)42-51(48,20-24)23-40-36(47)30-19-43(2)41-37(30)49-3/h4,6,10-11,13-14,16-17,19,23-24,27,29,33,45H,5,7-9,12,15,18,20-22H2,1-3H3/b6-4-,40-23+/t24-,27-,29+,33-,38-,51?/m0/s1. The van der Waals surface area contributed by atoms with Crippen LogP contribution in [0.5, 0.6) is 11.6 Å². The molecule has 51 heavy (non-hydrogen) atoms. The van der Waals surface area contributed by atoms with E-state index in [2.05, 4.69) is 31.5 Å². The van der Waals surface area contributed by atoms with Gasteiger partial charge in [0.15, 0.2) is 0 Å². The second-order valence-electron chi connectivity index (χ2n) is 14.5. The number of hydrogen-bond acceptors (Lipinski definition) is 8. The van der Waals surface area contributed by atoms with Crippen LogP contribution in [0.25, 0.3) is 0 Å². The van der Waals surface area contributed by atoms with Gasteiger partial charge in [0.2, 0.25) is 5.88 Å². The van der Waals surface area contributed by atoms with Crippen molar-refractivity contribution in [3.8, 4) is 11.6 Å². The Morgan fingerprint density at radius 1 is 1.24 bits per heavy atom. The average Bonchev–Trinajstić information content (AvgIpc) is 3.40. The van der Waals surface area contributed by atoms with Crippen molar-refractivity contribution in [2.75, 3.05) is 37.5 Å². The number of carbonyl (C=O) groups is 2. The first-order valence-electron chi connectivity index (χ1n) is 17.6. The molecule has 2 amide bonds. The van der Waals surface area contributed by atoms with Crippen LogP contribution < -0.4 is 14.4 Å². The predicted molar refractivity (Wildman–Crippen MR) is 198 cm³/mol. The Kier molecular flexibility index (Phi) is 9.86. The number of aliphatic hydroxyl groups is 1. The predicted octanol–water partition coefficient (Wildman–Crippen LogP) is 6.02. The lowest BCUT2D eigenvalue weighted by atomic mass is 9.68. The smallest absolute Gasteiger partial charge is 0.285 e. The van der Waals surface area contributed by atoms with Crippen molar-refractivity contribution in [1.82, 2.24) is 9.78 Å². The fourth-order valence-corrected chi connectivity index (χ4v) is 10.1. The highest BCUT2D eigenvalue weighted by Crippen LogP contribution is 2.47. The van der Waals surface area contributed by atoms with E-state index in [9.17, 15) is 18.9 Å². The maximum Gasteiger partial charge on any atom is 0.285 e. The zero-order valence-corrected chi connectivity index (χ0v) is 30.7. The van der Waals surface area contributed by atoms with E-state index < -0.39 is 27.6 Å². The lowest BCUT2D eigenvalue weighted by molar-refractivity contribution is 0.0177. The number of nitrogens with zero attached hydrogens (tertiary/aromatic N) is 5. The van der Waals surface area contributed by atoms with E-state index in [-0.39, 0.29) is 45.9 Å². The highest BCUT2D eigenvalue weighted by molar-refractivity contribution is 8.06. The third kappa shape index (κ3) is 7.23. The summed E-state index contributed by atoms with van der Waals surface area (Å²) in [6, 6.07) is 11.4. The van der Waals surface area contributed by atoms with Gasteiger partial charge in [0.25, 0.3) is 11.8 Å². The zero-order valence-electron chi connectivity index (χ0n) is 29.2. The molecule has 6 atom stereocenters. The fourth-order valence-electron chi connectivity index (χ4n) is 8.18. The van der Waals surface area contributed by atoms with Gasteiger partial charge in [-0.25, -0.2) is 9.20 Å². The molecule has 1 N–H and O–H groups in total. The number of amides is 2. The molecule has 3 aromatic rings. The van der Waals surface area contributed by atoms with Crippen molar-refractivity contribution in [3.63, 3.8) is 0 Å². The van der Waals surface area contributed by atoms with Gasteiger partial charge in [0.05, 0.1) is 35.2 Å². The molecular formula is C38H44ClN5O6S. The Labute approximate surface area is 303 Å². The molecule has 1 spiro atoms. The molecule has 11 nitrogen and oxygen atoms in total. The van der Waals surface area contributed by atoms with Crippen molar-refractivity contribution >= 4 is 44.4 Å². The Bertz CT molecular complexity index is 2040. The lowest BCUT2D eigenvalue weighted by Crippen LogP contribution is -2.49. The topological polar surface area (TPSA) is 136 Å². The van der Waals surface area contributed by atoms with Gasteiger partial charge in [-0.3, -0.25) is 14.3 Å². The molecule has 2 aliphatic carbocycles. The summed E-state index contributed by atoms with van der Waals surface area (Å²) in [5.41, 5.74) is 4.31. The molecule has 2 aromatic carbocycles. The number of ether oxygens (including phenoxy) is 2. The third-order valence-corrected chi connectivity index (χ3v) is 13.0. The van der Waals surface area contributed by atoms with Crippen LogP contribution in [-0.2, 0) is 28.6 Å². The highest BCUT2D eigenvalue weighted by Gasteiger charge is 2.44. The molecule has 0 saturated heterocycles. The number of halogens is 1. The Hall–Kier alpha value is -4.00. The van der Waals surface area contributed by atoms with Crippen LogP contribution in [-0.4, -0.2) is 75.1 Å². The summed E-state index contributed by atoms with van der Waals surface area (Å²) in [4.78, 5) is 33.3. The molecule has 1 saturated carbocycles. The number of rotatable bonds is 3. The van der Waals surface area contributed by atoms with Crippen molar-refractivity contribution < 1.29 is 28.4 Å². The summed E-state index contributed by atoms with van der Waals surface area (Å²) in [5.74, 6) is -0.573. The molecule has 0 radical (unpaired) electrons. The molecule has 13 heteroatoms. The van der Waals surface area contributed by atoms with Gasteiger partial charge >= 0.3 is 0 Å². The van der Waals surface area contributed by atoms with E-state index in [0.29, 0.717) is 31.9 Å². The van der Waals surface area contributed by atoms with Gasteiger partial charge in [-0.1, -0.05) is 36.7 Å². The highest BCUT2D eigenvalue weighted by atomic mass is 35.5. The number of hydrogen-bond donors (Lipinski definition) is 1. The maximum absolute atomic E-state index is 14.4. The summed E-state index contributed by atoms with van der Waals surface area (Å²) in [6.07, 6.45) is 10.1. The number of benzene rings is 2. The molecule has 4 aliphatic rings. The van der Waals surface area contributed by atoms with E-state index >= 15 is 0 Å². The van der Waals surface area contributed by atoms with E-state index in [0.717, 1.165) is 48.4 Å². The molecule has 1 aromatic heterocycles. The number of carbonyl (C=O) groups excluding carboxylic acids is 2. The average molecular weight is 734 g/mol. The van der Waals surface area contributed by atoms with Crippen LogP contribution in [0, 0.1) is 17.8 Å². The number of fused-ring (bicyclic) bond motifs is 4. The number of aliphatic hydroxyl groups excluding tert-OH is 1. The normalized spacial score (nSPS) is 30.0. The van der Waals surface area contributed by atoms with Gasteiger partial charge < -0.3 is 19.5 Å². The van der Waals surface area contributed by atoms with E-state index in [4.69, 9.17) is 21.1 Å². The Morgan fingerprint density at radius 3 is 2.86 bits per heavy atom. The minimum atomic E-state index is -3.48. The van der Waals surface area contributed by atoms with Crippen molar-refractivity contribution in [2.45, 2.75) is 57.0 Å². The molecule has 1 fully saturated rings. The fraction of sp³-hybridized carbons (Fsp3) is 0.474.